The van der Waals surface area contributed by atoms with Crippen LogP contribution in [-0.2, 0) is 16.6 Å². The highest BCUT2D eigenvalue weighted by Gasteiger charge is 2.36. The first-order valence-electron chi connectivity index (χ1n) is 9.57. The van der Waals surface area contributed by atoms with Gasteiger partial charge in [0, 0.05) is 12.0 Å². The Labute approximate surface area is 158 Å². The van der Waals surface area contributed by atoms with Crippen LogP contribution in [0.4, 0.5) is 4.39 Å². The molecule has 0 aromatic heterocycles. The topological polar surface area (TPSA) is 47.6 Å². The van der Waals surface area contributed by atoms with E-state index < -0.39 is 0 Å². The third-order valence-corrected chi connectivity index (χ3v) is 5.65. The van der Waals surface area contributed by atoms with Crippen molar-refractivity contribution in [1.82, 2.24) is 5.32 Å². The first-order valence-corrected chi connectivity index (χ1v) is 9.57. The number of carbonyl (C=O) groups excluding carboxylic acids is 1. The minimum absolute atomic E-state index is 0.0594. The van der Waals surface area contributed by atoms with E-state index in [2.05, 4.69) is 17.4 Å². The lowest BCUT2D eigenvalue weighted by Gasteiger charge is -2.31. The lowest BCUT2D eigenvalue weighted by Crippen LogP contribution is -2.39. The molecule has 2 aromatic carbocycles. The average Bonchev–Trinajstić information content (AvgIpc) is 3.18. The summed E-state index contributed by atoms with van der Waals surface area (Å²) in [6.45, 7) is 1.69. The first kappa shape index (κ1) is 17.8. The van der Waals surface area contributed by atoms with Crippen LogP contribution in [0.3, 0.4) is 0 Å². The molecule has 1 aliphatic carbocycles. The van der Waals surface area contributed by atoms with Crippen LogP contribution in [-0.4, -0.2) is 25.7 Å². The normalized spacial score (nSPS) is 17.5. The zero-order valence-electron chi connectivity index (χ0n) is 15.3. The summed E-state index contributed by atoms with van der Waals surface area (Å²) in [4.78, 5) is 12.4. The summed E-state index contributed by atoms with van der Waals surface area (Å²) < 4.78 is 25.1. The van der Waals surface area contributed by atoms with Crippen molar-refractivity contribution in [2.45, 2.75) is 37.5 Å². The summed E-state index contributed by atoms with van der Waals surface area (Å²) in [5.41, 5.74) is 1.51. The number of nitrogens with one attached hydrogen (secondary N) is 1. The maximum atomic E-state index is 13.8. The molecule has 1 aliphatic heterocycles. The summed E-state index contributed by atoms with van der Waals surface area (Å²) in [6.07, 6.45) is 4.37. The number of benzene rings is 2. The quantitative estimate of drug-likeness (QED) is 0.873. The standard InChI is InChI=1S/C22H24FNO3/c23-18-6-2-1-5-16(18)13-21(25)24-15-22(9-3-4-10-22)17-7-8-19-20(14-17)27-12-11-26-19/h1-2,5-8,14H,3-4,9-13,15H2,(H,24,25). The number of amides is 1. The Balaban J connectivity index is 1.48. The van der Waals surface area contributed by atoms with E-state index in [4.69, 9.17) is 9.47 Å². The second-order valence-corrected chi connectivity index (χ2v) is 7.39. The van der Waals surface area contributed by atoms with E-state index in [1.807, 2.05) is 6.07 Å². The molecule has 4 rings (SSSR count). The van der Waals surface area contributed by atoms with Crippen molar-refractivity contribution in [1.29, 1.82) is 0 Å². The molecular formula is C22H24FNO3. The maximum absolute atomic E-state index is 13.8. The lowest BCUT2D eigenvalue weighted by molar-refractivity contribution is -0.120. The van der Waals surface area contributed by atoms with Gasteiger partial charge in [-0.1, -0.05) is 37.1 Å². The Morgan fingerprint density at radius 1 is 1.04 bits per heavy atom. The van der Waals surface area contributed by atoms with E-state index in [1.165, 1.54) is 11.6 Å². The third kappa shape index (κ3) is 3.77. The van der Waals surface area contributed by atoms with Crippen LogP contribution in [0.25, 0.3) is 0 Å². The molecule has 1 N–H and O–H groups in total. The maximum Gasteiger partial charge on any atom is 0.224 e. The second-order valence-electron chi connectivity index (χ2n) is 7.39. The lowest BCUT2D eigenvalue weighted by atomic mass is 9.78. The molecule has 27 heavy (non-hydrogen) atoms. The van der Waals surface area contributed by atoms with Crippen molar-refractivity contribution in [2.75, 3.05) is 19.8 Å². The van der Waals surface area contributed by atoms with Gasteiger partial charge in [-0.15, -0.1) is 0 Å². The molecule has 2 aromatic rings. The minimum atomic E-state index is -0.338. The Hall–Kier alpha value is -2.56. The predicted octanol–water partition coefficient (Wildman–Crippen LogP) is 3.77. The Bertz CT molecular complexity index is 830. The van der Waals surface area contributed by atoms with Gasteiger partial charge in [0.15, 0.2) is 11.5 Å². The van der Waals surface area contributed by atoms with Gasteiger partial charge in [-0.05, 0) is 42.2 Å². The van der Waals surface area contributed by atoms with Gasteiger partial charge in [0.25, 0.3) is 0 Å². The summed E-state index contributed by atoms with van der Waals surface area (Å²) in [5.74, 6) is 1.07. The SMILES string of the molecule is O=C(Cc1ccccc1F)NCC1(c2ccc3c(c2)OCCO3)CCCC1. The molecule has 0 atom stereocenters. The van der Waals surface area contributed by atoms with E-state index in [1.54, 1.807) is 18.2 Å². The van der Waals surface area contributed by atoms with Crippen LogP contribution in [0, 0.1) is 5.82 Å². The van der Waals surface area contributed by atoms with E-state index in [9.17, 15) is 9.18 Å². The molecule has 0 radical (unpaired) electrons. The van der Waals surface area contributed by atoms with Gasteiger partial charge >= 0.3 is 0 Å². The zero-order chi connectivity index (χ0) is 18.7. The molecule has 1 amide bonds. The molecule has 1 saturated carbocycles. The second kappa shape index (κ2) is 7.59. The number of fused-ring (bicyclic) bond motifs is 1. The molecule has 1 heterocycles. The molecule has 4 nitrogen and oxygen atoms in total. The fourth-order valence-corrected chi connectivity index (χ4v) is 4.14. The molecule has 142 valence electrons. The summed E-state index contributed by atoms with van der Waals surface area (Å²) in [6, 6.07) is 12.5. The van der Waals surface area contributed by atoms with E-state index in [0.29, 0.717) is 25.3 Å². The van der Waals surface area contributed by atoms with Crippen LogP contribution in [0.5, 0.6) is 11.5 Å². The summed E-state index contributed by atoms with van der Waals surface area (Å²) in [7, 11) is 0. The van der Waals surface area contributed by atoms with Crippen molar-refractivity contribution in [3.05, 3.63) is 59.4 Å². The highest BCUT2D eigenvalue weighted by Crippen LogP contribution is 2.43. The van der Waals surface area contributed by atoms with Gasteiger partial charge in [-0.2, -0.15) is 0 Å². The van der Waals surface area contributed by atoms with Crippen molar-refractivity contribution >= 4 is 5.91 Å². The largest absolute Gasteiger partial charge is 0.486 e. The van der Waals surface area contributed by atoms with Gasteiger partial charge in [0.05, 0.1) is 6.42 Å². The van der Waals surface area contributed by atoms with Crippen molar-refractivity contribution in [2.24, 2.45) is 0 Å². The molecule has 0 saturated heterocycles. The average molecular weight is 369 g/mol. The van der Waals surface area contributed by atoms with Gasteiger partial charge in [0.1, 0.15) is 19.0 Å². The Morgan fingerprint density at radius 3 is 2.56 bits per heavy atom. The summed E-state index contributed by atoms with van der Waals surface area (Å²) in [5, 5.41) is 3.04. The van der Waals surface area contributed by atoms with E-state index in [0.717, 1.165) is 37.2 Å². The van der Waals surface area contributed by atoms with Crippen molar-refractivity contribution < 1.29 is 18.7 Å². The van der Waals surface area contributed by atoms with E-state index in [-0.39, 0.29) is 23.6 Å². The molecule has 2 aliphatic rings. The number of halogens is 1. The van der Waals surface area contributed by atoms with Crippen LogP contribution in [0.1, 0.15) is 36.8 Å². The number of carbonyl (C=O) groups is 1. The Kier molecular flexibility index (Phi) is 5.01. The van der Waals surface area contributed by atoms with Gasteiger partial charge < -0.3 is 14.8 Å². The minimum Gasteiger partial charge on any atom is -0.486 e. The molecule has 0 spiro atoms. The molecule has 1 fully saturated rings. The monoisotopic (exact) mass is 369 g/mol. The third-order valence-electron chi connectivity index (χ3n) is 5.65. The number of rotatable bonds is 5. The van der Waals surface area contributed by atoms with Crippen LogP contribution < -0.4 is 14.8 Å². The van der Waals surface area contributed by atoms with Crippen LogP contribution in [0.2, 0.25) is 0 Å². The van der Waals surface area contributed by atoms with Gasteiger partial charge in [-0.3, -0.25) is 4.79 Å². The van der Waals surface area contributed by atoms with Gasteiger partial charge in [0.2, 0.25) is 5.91 Å². The van der Waals surface area contributed by atoms with Crippen LogP contribution in [0.15, 0.2) is 42.5 Å². The molecule has 0 unspecified atom stereocenters. The van der Waals surface area contributed by atoms with Crippen molar-refractivity contribution in [3.63, 3.8) is 0 Å². The zero-order valence-corrected chi connectivity index (χ0v) is 15.3. The molecule has 0 bridgehead atoms. The fourth-order valence-electron chi connectivity index (χ4n) is 4.14. The van der Waals surface area contributed by atoms with E-state index >= 15 is 0 Å². The fraction of sp³-hybridized carbons (Fsp3) is 0.409. The smallest absolute Gasteiger partial charge is 0.224 e. The van der Waals surface area contributed by atoms with Crippen molar-refractivity contribution in [3.8, 4) is 11.5 Å². The predicted molar refractivity (Wildman–Crippen MR) is 101 cm³/mol. The molecule has 5 heteroatoms. The van der Waals surface area contributed by atoms with Crippen LogP contribution >= 0.6 is 0 Å². The number of hydrogen-bond acceptors (Lipinski definition) is 3. The van der Waals surface area contributed by atoms with Gasteiger partial charge in [-0.25, -0.2) is 4.39 Å². The Morgan fingerprint density at radius 2 is 1.78 bits per heavy atom. The highest BCUT2D eigenvalue weighted by atomic mass is 19.1. The first-order chi connectivity index (χ1) is 13.2. The number of ether oxygens (including phenoxy) is 2. The highest BCUT2D eigenvalue weighted by molar-refractivity contribution is 5.78. The number of hydrogen-bond donors (Lipinski definition) is 1. The summed E-state index contributed by atoms with van der Waals surface area (Å²) >= 11 is 0. The molecular weight excluding hydrogens is 345 g/mol.